The van der Waals surface area contributed by atoms with Crippen LogP contribution in [-0.2, 0) is 19.3 Å². The highest BCUT2D eigenvalue weighted by atomic mass is 16.2. The Morgan fingerprint density at radius 2 is 1.92 bits per heavy atom. The first kappa shape index (κ1) is 17.3. The molecule has 5 heteroatoms. The van der Waals surface area contributed by atoms with Crippen molar-refractivity contribution < 1.29 is 4.79 Å². The summed E-state index contributed by atoms with van der Waals surface area (Å²) in [6.45, 7) is 5.78. The number of H-pyrrole nitrogens is 1. The van der Waals surface area contributed by atoms with Crippen molar-refractivity contribution in [3.05, 3.63) is 52.8 Å². The summed E-state index contributed by atoms with van der Waals surface area (Å²) in [5.41, 5.74) is 4.61. The average molecular weight is 352 g/mol. The molecule has 1 aliphatic carbocycles. The second-order valence-corrected chi connectivity index (χ2v) is 7.54. The van der Waals surface area contributed by atoms with E-state index in [0.29, 0.717) is 11.7 Å². The fourth-order valence-electron chi connectivity index (χ4n) is 4.33. The summed E-state index contributed by atoms with van der Waals surface area (Å²) in [6.07, 6.45) is 5.31. The lowest BCUT2D eigenvalue weighted by Gasteiger charge is -2.27. The quantitative estimate of drug-likeness (QED) is 0.920. The van der Waals surface area contributed by atoms with Gasteiger partial charge in [0.05, 0.1) is 0 Å². The number of aryl methyl sites for hydroxylation is 1. The summed E-state index contributed by atoms with van der Waals surface area (Å²) >= 11 is 0. The lowest BCUT2D eigenvalue weighted by Crippen LogP contribution is -2.40. The molecule has 2 aliphatic rings. The van der Waals surface area contributed by atoms with Gasteiger partial charge in [0.2, 0.25) is 0 Å². The molecule has 138 valence electrons. The summed E-state index contributed by atoms with van der Waals surface area (Å²) in [4.78, 5) is 17.4. The number of aromatic nitrogens is 2. The van der Waals surface area contributed by atoms with Crippen LogP contribution < -0.4 is 0 Å². The number of aromatic amines is 1. The van der Waals surface area contributed by atoms with Crippen LogP contribution in [0.1, 0.15) is 47.1 Å². The van der Waals surface area contributed by atoms with Crippen LogP contribution >= 0.6 is 0 Å². The van der Waals surface area contributed by atoms with E-state index < -0.39 is 0 Å². The van der Waals surface area contributed by atoms with E-state index in [-0.39, 0.29) is 5.91 Å². The van der Waals surface area contributed by atoms with E-state index in [1.807, 2.05) is 11.0 Å². The van der Waals surface area contributed by atoms with Gasteiger partial charge in [0.25, 0.3) is 5.91 Å². The molecule has 1 aliphatic heterocycles. The van der Waals surface area contributed by atoms with E-state index in [4.69, 9.17) is 0 Å². The third-order valence-electron chi connectivity index (χ3n) is 5.73. The van der Waals surface area contributed by atoms with E-state index in [1.165, 1.54) is 11.1 Å². The van der Waals surface area contributed by atoms with Gasteiger partial charge in [-0.1, -0.05) is 37.6 Å². The number of rotatable bonds is 4. The van der Waals surface area contributed by atoms with Crippen molar-refractivity contribution in [3.63, 3.8) is 0 Å². The van der Waals surface area contributed by atoms with Gasteiger partial charge in [-0.2, -0.15) is 5.10 Å². The lowest BCUT2D eigenvalue weighted by atomic mass is 10.1. The number of amides is 1. The molecule has 0 radical (unpaired) electrons. The predicted octanol–water partition coefficient (Wildman–Crippen LogP) is 2.68. The first-order chi connectivity index (χ1) is 12.7. The van der Waals surface area contributed by atoms with Gasteiger partial charge in [-0.05, 0) is 42.9 Å². The number of nitrogens with zero attached hydrogens (tertiary/aromatic N) is 3. The highest BCUT2D eigenvalue weighted by Gasteiger charge is 2.29. The number of hydrogen-bond acceptors (Lipinski definition) is 3. The first-order valence-electron chi connectivity index (χ1n) is 9.89. The molecule has 0 spiro atoms. The lowest BCUT2D eigenvalue weighted by molar-refractivity contribution is 0.0752. The minimum absolute atomic E-state index is 0.0696. The second kappa shape index (κ2) is 7.62. The molecule has 1 N–H and O–H groups in total. The third kappa shape index (κ3) is 3.54. The summed E-state index contributed by atoms with van der Waals surface area (Å²) in [5.74, 6) is 0.0696. The van der Waals surface area contributed by atoms with Gasteiger partial charge >= 0.3 is 0 Å². The second-order valence-electron chi connectivity index (χ2n) is 7.54. The molecule has 1 aromatic heterocycles. The Hall–Kier alpha value is -2.14. The highest BCUT2D eigenvalue weighted by Crippen LogP contribution is 2.26. The van der Waals surface area contributed by atoms with Gasteiger partial charge in [0.15, 0.2) is 0 Å². The van der Waals surface area contributed by atoms with Gasteiger partial charge < -0.3 is 4.90 Å². The van der Waals surface area contributed by atoms with Crippen LogP contribution in [0.15, 0.2) is 30.3 Å². The minimum Gasteiger partial charge on any atom is -0.336 e. The Labute approximate surface area is 155 Å². The summed E-state index contributed by atoms with van der Waals surface area (Å²) in [5, 5.41) is 7.23. The van der Waals surface area contributed by atoms with Crippen LogP contribution in [0.4, 0.5) is 0 Å². The SMILES string of the molecule is CCCc1cc(C(=O)N2CCCN(C3Cc4ccccc4C3)CC2)n[nH]1. The van der Waals surface area contributed by atoms with Crippen molar-refractivity contribution in [2.24, 2.45) is 0 Å². The molecule has 1 fully saturated rings. The molecule has 0 unspecified atom stereocenters. The Balaban J connectivity index is 1.37. The molecule has 2 aromatic rings. The zero-order valence-electron chi connectivity index (χ0n) is 15.6. The Morgan fingerprint density at radius 3 is 2.65 bits per heavy atom. The van der Waals surface area contributed by atoms with Crippen LogP contribution in [0.25, 0.3) is 0 Å². The molecule has 1 saturated heterocycles. The van der Waals surface area contributed by atoms with Crippen molar-refractivity contribution in [1.82, 2.24) is 20.0 Å². The van der Waals surface area contributed by atoms with Crippen LogP contribution in [0.5, 0.6) is 0 Å². The maximum Gasteiger partial charge on any atom is 0.274 e. The van der Waals surface area contributed by atoms with Gasteiger partial charge in [-0.3, -0.25) is 14.8 Å². The zero-order valence-corrected chi connectivity index (χ0v) is 15.6. The molecule has 1 amide bonds. The van der Waals surface area contributed by atoms with Crippen LogP contribution in [-0.4, -0.2) is 58.1 Å². The Morgan fingerprint density at radius 1 is 1.15 bits per heavy atom. The van der Waals surface area contributed by atoms with Crippen molar-refractivity contribution in [2.45, 2.75) is 45.1 Å². The van der Waals surface area contributed by atoms with Crippen molar-refractivity contribution in [1.29, 1.82) is 0 Å². The number of fused-ring (bicyclic) bond motifs is 1. The molecule has 1 aromatic carbocycles. The van der Waals surface area contributed by atoms with Crippen molar-refractivity contribution in [3.8, 4) is 0 Å². The fourth-order valence-corrected chi connectivity index (χ4v) is 4.33. The van der Waals surface area contributed by atoms with E-state index in [2.05, 4.69) is 46.3 Å². The summed E-state index contributed by atoms with van der Waals surface area (Å²) in [7, 11) is 0. The molecule has 2 heterocycles. The van der Waals surface area contributed by atoms with Gasteiger partial charge in [-0.25, -0.2) is 0 Å². The number of hydrogen-bond donors (Lipinski definition) is 1. The molecular formula is C21H28N4O. The minimum atomic E-state index is 0.0696. The van der Waals surface area contributed by atoms with Crippen LogP contribution in [0, 0.1) is 0 Å². The number of nitrogens with one attached hydrogen (secondary N) is 1. The average Bonchev–Trinajstić information content (AvgIpc) is 3.22. The zero-order chi connectivity index (χ0) is 17.9. The monoisotopic (exact) mass is 352 g/mol. The standard InChI is InChI=1S/C21H28N4O/c1-2-6-18-15-20(23-22-18)21(26)25-10-5-9-24(11-12-25)19-13-16-7-3-4-8-17(16)14-19/h3-4,7-8,15,19H,2,5-6,9-14H2,1H3,(H,22,23). The maximum atomic E-state index is 12.8. The van der Waals surface area contributed by atoms with Gasteiger partial charge in [0, 0.05) is 37.9 Å². The number of carbonyl (C=O) groups excluding carboxylic acids is 1. The van der Waals surface area contributed by atoms with Crippen LogP contribution in [0.2, 0.25) is 0 Å². The molecular weight excluding hydrogens is 324 g/mol. The topological polar surface area (TPSA) is 52.2 Å². The fraction of sp³-hybridized carbons (Fsp3) is 0.524. The largest absolute Gasteiger partial charge is 0.336 e. The Bertz CT molecular complexity index is 744. The predicted molar refractivity (Wildman–Crippen MR) is 102 cm³/mol. The third-order valence-corrected chi connectivity index (χ3v) is 5.73. The number of benzene rings is 1. The molecule has 4 rings (SSSR count). The highest BCUT2D eigenvalue weighted by molar-refractivity contribution is 5.92. The van der Waals surface area contributed by atoms with Gasteiger partial charge in [0.1, 0.15) is 5.69 Å². The van der Waals surface area contributed by atoms with E-state index >= 15 is 0 Å². The smallest absolute Gasteiger partial charge is 0.274 e. The van der Waals surface area contributed by atoms with Gasteiger partial charge in [-0.15, -0.1) is 0 Å². The number of carbonyl (C=O) groups is 1. The van der Waals surface area contributed by atoms with Crippen LogP contribution in [0.3, 0.4) is 0 Å². The molecule has 0 bridgehead atoms. The van der Waals surface area contributed by atoms with E-state index in [9.17, 15) is 4.79 Å². The van der Waals surface area contributed by atoms with Crippen molar-refractivity contribution in [2.75, 3.05) is 26.2 Å². The molecule has 26 heavy (non-hydrogen) atoms. The van der Waals surface area contributed by atoms with Crippen molar-refractivity contribution >= 4 is 5.91 Å². The summed E-state index contributed by atoms with van der Waals surface area (Å²) < 4.78 is 0. The van der Waals surface area contributed by atoms with E-state index in [0.717, 1.165) is 64.0 Å². The first-order valence-corrected chi connectivity index (χ1v) is 9.89. The maximum absolute atomic E-state index is 12.8. The Kier molecular flexibility index (Phi) is 5.07. The molecule has 0 atom stereocenters. The normalized spacial score (nSPS) is 18.7. The van der Waals surface area contributed by atoms with E-state index in [1.54, 1.807) is 0 Å². The summed E-state index contributed by atoms with van der Waals surface area (Å²) in [6, 6.07) is 11.3. The molecule has 0 saturated carbocycles. The molecule has 5 nitrogen and oxygen atoms in total.